The predicted molar refractivity (Wildman–Crippen MR) is 65.5 cm³/mol. The highest BCUT2D eigenvalue weighted by molar-refractivity contribution is 6.32. The zero-order valence-corrected chi connectivity index (χ0v) is 10.5. The van der Waals surface area contributed by atoms with Gasteiger partial charge in [-0.2, -0.15) is 0 Å². The first-order chi connectivity index (χ1) is 7.38. The first-order valence-electron chi connectivity index (χ1n) is 5.14. The summed E-state index contributed by atoms with van der Waals surface area (Å²) in [5.41, 5.74) is 0.135. The van der Waals surface area contributed by atoms with Crippen LogP contribution in [-0.4, -0.2) is 6.61 Å². The number of allylic oxidation sites excluding steroid dienone is 1. The SMILES string of the molecule is CC(C)(C)/C=C/COc1ccc(F)cc1Cl. The van der Waals surface area contributed by atoms with Crippen LogP contribution in [0.2, 0.25) is 5.02 Å². The average Bonchev–Trinajstić information content (AvgIpc) is 2.13. The Labute approximate surface area is 101 Å². The molecule has 1 aromatic carbocycles. The summed E-state index contributed by atoms with van der Waals surface area (Å²) in [6, 6.07) is 4.10. The Bertz CT molecular complexity index is 380. The van der Waals surface area contributed by atoms with E-state index in [1.54, 1.807) is 0 Å². The highest BCUT2D eigenvalue weighted by Gasteiger charge is 2.04. The number of halogens is 2. The fourth-order valence-electron chi connectivity index (χ4n) is 1.13. The molecule has 1 aromatic rings. The van der Waals surface area contributed by atoms with Crippen LogP contribution >= 0.6 is 11.6 Å². The van der Waals surface area contributed by atoms with E-state index in [0.29, 0.717) is 17.4 Å². The van der Waals surface area contributed by atoms with E-state index in [-0.39, 0.29) is 11.2 Å². The Kier molecular flexibility index (Phi) is 4.36. The Morgan fingerprint density at radius 1 is 1.38 bits per heavy atom. The molecule has 88 valence electrons. The van der Waals surface area contributed by atoms with Crippen molar-refractivity contribution in [1.82, 2.24) is 0 Å². The van der Waals surface area contributed by atoms with Crippen molar-refractivity contribution < 1.29 is 9.13 Å². The summed E-state index contributed by atoms with van der Waals surface area (Å²) in [4.78, 5) is 0. The van der Waals surface area contributed by atoms with Crippen LogP contribution in [0.5, 0.6) is 5.75 Å². The summed E-state index contributed by atoms with van der Waals surface area (Å²) in [5, 5.41) is 0.296. The van der Waals surface area contributed by atoms with Crippen molar-refractivity contribution in [3.8, 4) is 5.75 Å². The maximum Gasteiger partial charge on any atom is 0.138 e. The topological polar surface area (TPSA) is 9.23 Å². The third kappa shape index (κ3) is 4.67. The molecular weight excluding hydrogens is 227 g/mol. The van der Waals surface area contributed by atoms with Gasteiger partial charge in [-0.1, -0.05) is 44.5 Å². The largest absolute Gasteiger partial charge is 0.488 e. The van der Waals surface area contributed by atoms with E-state index in [4.69, 9.17) is 16.3 Å². The van der Waals surface area contributed by atoms with E-state index in [2.05, 4.69) is 26.8 Å². The lowest BCUT2D eigenvalue weighted by atomic mass is 9.96. The minimum Gasteiger partial charge on any atom is -0.488 e. The van der Waals surface area contributed by atoms with Gasteiger partial charge in [0, 0.05) is 0 Å². The molecule has 16 heavy (non-hydrogen) atoms. The molecular formula is C13H16ClFO. The molecule has 0 fully saturated rings. The van der Waals surface area contributed by atoms with Crippen LogP contribution in [0.1, 0.15) is 20.8 Å². The van der Waals surface area contributed by atoms with Crippen LogP contribution in [0.15, 0.2) is 30.4 Å². The first-order valence-corrected chi connectivity index (χ1v) is 5.52. The summed E-state index contributed by atoms with van der Waals surface area (Å²) < 4.78 is 18.1. The molecule has 0 aliphatic rings. The molecule has 0 unspecified atom stereocenters. The van der Waals surface area contributed by atoms with Gasteiger partial charge in [0.2, 0.25) is 0 Å². The predicted octanol–water partition coefficient (Wildman–Crippen LogP) is 4.46. The van der Waals surface area contributed by atoms with Crippen molar-refractivity contribution in [3.63, 3.8) is 0 Å². The van der Waals surface area contributed by atoms with Gasteiger partial charge in [0.1, 0.15) is 18.2 Å². The lowest BCUT2D eigenvalue weighted by Crippen LogP contribution is -2.01. The van der Waals surface area contributed by atoms with Gasteiger partial charge in [-0.05, 0) is 23.6 Å². The summed E-state index contributed by atoms with van der Waals surface area (Å²) >= 11 is 5.81. The third-order valence-corrected chi connectivity index (χ3v) is 2.14. The molecule has 3 heteroatoms. The van der Waals surface area contributed by atoms with Gasteiger partial charge < -0.3 is 4.74 Å². The molecule has 0 saturated carbocycles. The Balaban J connectivity index is 2.53. The van der Waals surface area contributed by atoms with Crippen LogP contribution < -0.4 is 4.74 Å². The maximum atomic E-state index is 12.7. The van der Waals surface area contributed by atoms with E-state index in [9.17, 15) is 4.39 Å². The Hall–Kier alpha value is -1.02. The Morgan fingerprint density at radius 2 is 2.06 bits per heavy atom. The highest BCUT2D eigenvalue weighted by Crippen LogP contribution is 2.24. The van der Waals surface area contributed by atoms with Crippen molar-refractivity contribution in [3.05, 3.63) is 41.2 Å². The zero-order valence-electron chi connectivity index (χ0n) is 9.76. The fraction of sp³-hybridized carbons (Fsp3) is 0.385. The summed E-state index contributed by atoms with van der Waals surface area (Å²) in [6.45, 7) is 6.75. The van der Waals surface area contributed by atoms with Gasteiger partial charge in [-0.15, -0.1) is 0 Å². The van der Waals surface area contributed by atoms with E-state index < -0.39 is 0 Å². The van der Waals surface area contributed by atoms with E-state index in [1.165, 1.54) is 18.2 Å². The van der Waals surface area contributed by atoms with Crippen molar-refractivity contribution in [2.75, 3.05) is 6.61 Å². The van der Waals surface area contributed by atoms with Crippen molar-refractivity contribution >= 4 is 11.6 Å². The van der Waals surface area contributed by atoms with Gasteiger partial charge >= 0.3 is 0 Å². The third-order valence-electron chi connectivity index (χ3n) is 1.85. The molecule has 0 radical (unpaired) electrons. The minimum atomic E-state index is -0.359. The van der Waals surface area contributed by atoms with Gasteiger partial charge in [0.15, 0.2) is 0 Å². The summed E-state index contributed by atoms with van der Waals surface area (Å²) in [6.07, 6.45) is 3.99. The number of rotatable bonds is 3. The Morgan fingerprint density at radius 3 is 2.62 bits per heavy atom. The zero-order chi connectivity index (χ0) is 12.2. The van der Waals surface area contributed by atoms with E-state index in [1.807, 2.05) is 6.08 Å². The van der Waals surface area contributed by atoms with Crippen LogP contribution in [0.4, 0.5) is 4.39 Å². The number of hydrogen-bond acceptors (Lipinski definition) is 1. The molecule has 0 aliphatic carbocycles. The van der Waals surface area contributed by atoms with Crippen LogP contribution in [0, 0.1) is 11.2 Å². The van der Waals surface area contributed by atoms with Crippen LogP contribution in [0.3, 0.4) is 0 Å². The molecule has 0 heterocycles. The standard InChI is InChI=1S/C13H16ClFO/c1-13(2,3)7-4-8-16-12-6-5-10(15)9-11(12)14/h4-7,9H,8H2,1-3H3/b7-4+. The molecule has 0 saturated heterocycles. The molecule has 0 amide bonds. The van der Waals surface area contributed by atoms with Crippen LogP contribution in [-0.2, 0) is 0 Å². The second kappa shape index (κ2) is 5.35. The second-order valence-electron chi connectivity index (χ2n) is 4.65. The van der Waals surface area contributed by atoms with Crippen molar-refractivity contribution in [2.24, 2.45) is 5.41 Å². The molecule has 1 nitrogen and oxygen atoms in total. The molecule has 0 atom stereocenters. The van der Waals surface area contributed by atoms with Crippen molar-refractivity contribution in [1.29, 1.82) is 0 Å². The average molecular weight is 243 g/mol. The molecule has 1 rings (SSSR count). The maximum absolute atomic E-state index is 12.7. The molecule has 0 aromatic heterocycles. The first kappa shape index (κ1) is 13.0. The lowest BCUT2D eigenvalue weighted by molar-refractivity contribution is 0.360. The smallest absolute Gasteiger partial charge is 0.138 e. The molecule has 0 bridgehead atoms. The second-order valence-corrected chi connectivity index (χ2v) is 5.06. The normalized spacial score (nSPS) is 12.1. The molecule has 0 aliphatic heterocycles. The molecule has 0 N–H and O–H groups in total. The lowest BCUT2D eigenvalue weighted by Gasteiger charge is -2.11. The quantitative estimate of drug-likeness (QED) is 0.711. The van der Waals surface area contributed by atoms with Crippen LogP contribution in [0.25, 0.3) is 0 Å². The monoisotopic (exact) mass is 242 g/mol. The summed E-state index contributed by atoms with van der Waals surface area (Å²) in [5.74, 6) is 0.143. The van der Waals surface area contributed by atoms with Gasteiger partial charge in [-0.25, -0.2) is 4.39 Å². The summed E-state index contributed by atoms with van der Waals surface area (Å²) in [7, 11) is 0. The minimum absolute atomic E-state index is 0.135. The highest BCUT2D eigenvalue weighted by atomic mass is 35.5. The number of ether oxygens (including phenoxy) is 1. The van der Waals surface area contributed by atoms with Gasteiger partial charge in [-0.3, -0.25) is 0 Å². The van der Waals surface area contributed by atoms with Crippen molar-refractivity contribution in [2.45, 2.75) is 20.8 Å². The number of hydrogen-bond donors (Lipinski definition) is 0. The number of benzene rings is 1. The van der Waals surface area contributed by atoms with E-state index >= 15 is 0 Å². The fourth-order valence-corrected chi connectivity index (χ4v) is 1.35. The van der Waals surface area contributed by atoms with Gasteiger partial charge in [0.25, 0.3) is 0 Å². The van der Waals surface area contributed by atoms with E-state index in [0.717, 1.165) is 0 Å². The molecule has 0 spiro atoms. The van der Waals surface area contributed by atoms with Gasteiger partial charge in [0.05, 0.1) is 5.02 Å².